The monoisotopic (exact) mass is 337 g/mol. The van der Waals surface area contributed by atoms with E-state index in [0.29, 0.717) is 23.7 Å². The summed E-state index contributed by atoms with van der Waals surface area (Å²) in [5.41, 5.74) is 7.76. The molecule has 1 aromatic rings. The van der Waals surface area contributed by atoms with E-state index in [1.54, 1.807) is 16.4 Å². The summed E-state index contributed by atoms with van der Waals surface area (Å²) in [6.07, 6.45) is 7.87. The van der Waals surface area contributed by atoms with E-state index in [2.05, 4.69) is 4.90 Å². The summed E-state index contributed by atoms with van der Waals surface area (Å²) < 4.78 is 27.1. The predicted molar refractivity (Wildman–Crippen MR) is 94.1 cm³/mol. The summed E-state index contributed by atoms with van der Waals surface area (Å²) in [5, 5.41) is 0. The van der Waals surface area contributed by atoms with Crippen molar-refractivity contribution in [3.63, 3.8) is 0 Å². The molecular weight excluding hydrogens is 310 g/mol. The van der Waals surface area contributed by atoms with Crippen molar-refractivity contribution in [2.24, 2.45) is 0 Å². The first-order chi connectivity index (χ1) is 11.1. The Morgan fingerprint density at radius 3 is 2.00 bits per heavy atom. The van der Waals surface area contributed by atoms with Crippen LogP contribution >= 0.6 is 0 Å². The van der Waals surface area contributed by atoms with Crippen molar-refractivity contribution < 1.29 is 8.42 Å². The molecule has 6 heteroatoms. The van der Waals surface area contributed by atoms with Crippen molar-refractivity contribution in [3.8, 4) is 0 Å². The van der Waals surface area contributed by atoms with Gasteiger partial charge in [0.25, 0.3) is 0 Å². The second-order valence-corrected chi connectivity index (χ2v) is 8.52. The highest BCUT2D eigenvalue weighted by molar-refractivity contribution is 7.89. The van der Waals surface area contributed by atoms with Gasteiger partial charge in [0.15, 0.2) is 0 Å². The van der Waals surface area contributed by atoms with E-state index in [0.717, 1.165) is 38.0 Å². The first-order valence-corrected chi connectivity index (χ1v) is 10.2. The number of rotatable bonds is 3. The summed E-state index contributed by atoms with van der Waals surface area (Å²) in [5.74, 6) is 0. The quantitative estimate of drug-likeness (QED) is 0.861. The standard InChI is InChI=1S/C17H27N3O2S/c18-16-14-15(23(21,22)20-12-6-3-7-13-20)8-9-17(16)19-10-4-1-2-5-11-19/h8-9,14H,1-7,10-13,18H2. The molecule has 0 amide bonds. The Morgan fingerprint density at radius 2 is 1.39 bits per heavy atom. The molecule has 2 aliphatic rings. The summed E-state index contributed by atoms with van der Waals surface area (Å²) in [6, 6.07) is 5.25. The Kier molecular flexibility index (Phi) is 5.11. The molecular formula is C17H27N3O2S. The smallest absolute Gasteiger partial charge is 0.243 e. The van der Waals surface area contributed by atoms with Gasteiger partial charge in [0.2, 0.25) is 10.0 Å². The molecule has 3 rings (SSSR count). The molecule has 0 spiro atoms. The Morgan fingerprint density at radius 1 is 0.826 bits per heavy atom. The van der Waals surface area contributed by atoms with Crippen molar-refractivity contribution in [1.29, 1.82) is 0 Å². The Balaban J connectivity index is 1.83. The molecule has 2 heterocycles. The van der Waals surface area contributed by atoms with Crippen LogP contribution in [0.2, 0.25) is 0 Å². The fourth-order valence-electron chi connectivity index (χ4n) is 3.55. The normalized spacial score (nSPS) is 21.1. The van der Waals surface area contributed by atoms with E-state index >= 15 is 0 Å². The molecule has 2 saturated heterocycles. The fraction of sp³-hybridized carbons (Fsp3) is 0.647. The maximum atomic E-state index is 12.7. The van der Waals surface area contributed by atoms with E-state index in [4.69, 9.17) is 5.73 Å². The SMILES string of the molecule is Nc1cc(S(=O)(=O)N2CCCCC2)ccc1N1CCCCCC1. The van der Waals surface area contributed by atoms with Gasteiger partial charge in [0.1, 0.15) is 0 Å². The van der Waals surface area contributed by atoms with E-state index in [-0.39, 0.29) is 0 Å². The number of nitrogens with two attached hydrogens (primary N) is 1. The van der Waals surface area contributed by atoms with Gasteiger partial charge in [-0.15, -0.1) is 0 Å². The van der Waals surface area contributed by atoms with Gasteiger partial charge in [0.05, 0.1) is 16.3 Å². The lowest BCUT2D eigenvalue weighted by molar-refractivity contribution is 0.346. The zero-order valence-electron chi connectivity index (χ0n) is 13.7. The third-order valence-electron chi connectivity index (χ3n) is 4.90. The topological polar surface area (TPSA) is 66.6 Å². The Hall–Kier alpha value is -1.27. The lowest BCUT2D eigenvalue weighted by Crippen LogP contribution is -2.35. The van der Waals surface area contributed by atoms with Crippen LogP contribution in [-0.4, -0.2) is 38.9 Å². The predicted octanol–water partition coefficient (Wildman–Crippen LogP) is 2.82. The zero-order valence-corrected chi connectivity index (χ0v) is 14.5. The zero-order chi connectivity index (χ0) is 16.3. The number of sulfonamides is 1. The van der Waals surface area contributed by atoms with Gasteiger partial charge >= 0.3 is 0 Å². The summed E-state index contributed by atoms with van der Waals surface area (Å²) >= 11 is 0. The number of hydrogen-bond donors (Lipinski definition) is 1. The third-order valence-corrected chi connectivity index (χ3v) is 6.79. The van der Waals surface area contributed by atoms with Crippen LogP contribution in [0, 0.1) is 0 Å². The van der Waals surface area contributed by atoms with Crippen LogP contribution in [0.3, 0.4) is 0 Å². The van der Waals surface area contributed by atoms with Crippen LogP contribution in [0.5, 0.6) is 0 Å². The number of anilines is 2. The van der Waals surface area contributed by atoms with E-state index in [1.165, 1.54) is 25.7 Å². The molecule has 0 radical (unpaired) electrons. The number of nitrogen functional groups attached to an aromatic ring is 1. The summed E-state index contributed by atoms with van der Waals surface area (Å²) in [6.45, 7) is 3.25. The van der Waals surface area contributed by atoms with Gasteiger partial charge in [0, 0.05) is 26.2 Å². The number of hydrogen-bond acceptors (Lipinski definition) is 4. The third kappa shape index (κ3) is 3.63. The van der Waals surface area contributed by atoms with Gasteiger partial charge in [-0.05, 0) is 43.9 Å². The highest BCUT2D eigenvalue weighted by Gasteiger charge is 2.26. The largest absolute Gasteiger partial charge is 0.397 e. The van der Waals surface area contributed by atoms with Crippen molar-refractivity contribution in [2.75, 3.05) is 36.8 Å². The molecule has 23 heavy (non-hydrogen) atoms. The molecule has 1 aromatic carbocycles. The second kappa shape index (κ2) is 7.09. The molecule has 0 aliphatic carbocycles. The molecule has 0 aromatic heterocycles. The van der Waals surface area contributed by atoms with Crippen LogP contribution in [0.1, 0.15) is 44.9 Å². The second-order valence-electron chi connectivity index (χ2n) is 6.59. The van der Waals surface area contributed by atoms with Crippen molar-refractivity contribution >= 4 is 21.4 Å². The average molecular weight is 337 g/mol. The minimum absolute atomic E-state index is 0.329. The highest BCUT2D eigenvalue weighted by Crippen LogP contribution is 2.30. The fourth-order valence-corrected chi connectivity index (χ4v) is 5.10. The molecule has 0 bridgehead atoms. The number of nitrogens with zero attached hydrogens (tertiary/aromatic N) is 2. The summed E-state index contributed by atoms with van der Waals surface area (Å²) in [7, 11) is -3.40. The first kappa shape index (κ1) is 16.6. The molecule has 2 N–H and O–H groups in total. The molecule has 2 aliphatic heterocycles. The molecule has 0 atom stereocenters. The summed E-state index contributed by atoms with van der Waals surface area (Å²) in [4.78, 5) is 2.62. The lowest BCUT2D eigenvalue weighted by Gasteiger charge is -2.27. The molecule has 128 valence electrons. The van der Waals surface area contributed by atoms with Crippen LogP contribution in [-0.2, 0) is 10.0 Å². The van der Waals surface area contributed by atoms with Crippen LogP contribution < -0.4 is 10.6 Å². The Labute approximate surface area is 139 Å². The number of piperidine rings is 1. The van der Waals surface area contributed by atoms with Gasteiger partial charge in [-0.3, -0.25) is 0 Å². The van der Waals surface area contributed by atoms with E-state index < -0.39 is 10.0 Å². The molecule has 0 unspecified atom stereocenters. The Bertz CT molecular complexity index is 631. The molecule has 5 nitrogen and oxygen atoms in total. The van der Waals surface area contributed by atoms with Crippen molar-refractivity contribution in [1.82, 2.24) is 4.31 Å². The molecule has 0 saturated carbocycles. The minimum atomic E-state index is -3.40. The average Bonchev–Trinajstić information content (AvgIpc) is 2.85. The van der Waals surface area contributed by atoms with Gasteiger partial charge < -0.3 is 10.6 Å². The van der Waals surface area contributed by atoms with E-state index in [1.807, 2.05) is 6.07 Å². The minimum Gasteiger partial charge on any atom is -0.397 e. The molecule has 2 fully saturated rings. The highest BCUT2D eigenvalue weighted by atomic mass is 32.2. The van der Waals surface area contributed by atoms with Gasteiger partial charge in [-0.25, -0.2) is 8.42 Å². The van der Waals surface area contributed by atoms with E-state index in [9.17, 15) is 8.42 Å². The number of benzene rings is 1. The van der Waals surface area contributed by atoms with Crippen molar-refractivity contribution in [3.05, 3.63) is 18.2 Å². The maximum Gasteiger partial charge on any atom is 0.243 e. The van der Waals surface area contributed by atoms with Crippen LogP contribution in [0.15, 0.2) is 23.1 Å². The van der Waals surface area contributed by atoms with Crippen LogP contribution in [0.25, 0.3) is 0 Å². The van der Waals surface area contributed by atoms with Gasteiger partial charge in [-0.2, -0.15) is 4.31 Å². The van der Waals surface area contributed by atoms with Crippen LogP contribution in [0.4, 0.5) is 11.4 Å². The van der Waals surface area contributed by atoms with Crippen molar-refractivity contribution in [2.45, 2.75) is 49.8 Å². The maximum absolute atomic E-state index is 12.7. The first-order valence-electron chi connectivity index (χ1n) is 8.74. The lowest BCUT2D eigenvalue weighted by atomic mass is 10.2. The van der Waals surface area contributed by atoms with Gasteiger partial charge in [-0.1, -0.05) is 19.3 Å².